The van der Waals surface area contributed by atoms with Crippen molar-refractivity contribution in [2.45, 2.75) is 44.8 Å². The van der Waals surface area contributed by atoms with Crippen molar-refractivity contribution in [2.24, 2.45) is 0 Å². The Kier molecular flexibility index (Phi) is 1.62. The van der Waals surface area contributed by atoms with Gasteiger partial charge in [-0.05, 0) is 19.3 Å². The molecule has 1 N–H and O–H groups in total. The van der Waals surface area contributed by atoms with Gasteiger partial charge in [-0.1, -0.05) is 0 Å². The second-order valence-corrected chi connectivity index (χ2v) is 3.94. The predicted octanol–water partition coefficient (Wildman–Crippen LogP) is 0.476. The van der Waals surface area contributed by atoms with Crippen LogP contribution >= 0.6 is 0 Å². The monoisotopic (exact) mass is 178 g/mol. The summed E-state index contributed by atoms with van der Waals surface area (Å²) in [5.74, 6) is 2.30. The average molecular weight is 178 g/mol. The largest absolute Gasteiger partial charge is 0.314 e. The number of hydrogen-bond acceptors (Lipinski definition) is 3. The molecule has 0 radical (unpaired) electrons. The van der Waals surface area contributed by atoms with Gasteiger partial charge >= 0.3 is 0 Å². The fourth-order valence-electron chi connectivity index (χ4n) is 1.86. The number of rotatable bonds is 3. The summed E-state index contributed by atoms with van der Waals surface area (Å²) < 4.78 is 2.26. The van der Waals surface area contributed by atoms with Crippen molar-refractivity contribution < 1.29 is 0 Å². The molecule has 1 aromatic heterocycles. The molecule has 2 aliphatic rings. The van der Waals surface area contributed by atoms with E-state index in [1.54, 1.807) is 0 Å². The lowest BCUT2D eigenvalue weighted by Crippen LogP contribution is -2.18. The van der Waals surface area contributed by atoms with Crippen LogP contribution in [0.15, 0.2) is 0 Å². The van der Waals surface area contributed by atoms with E-state index < -0.39 is 0 Å². The first-order valence-corrected chi connectivity index (χ1v) is 5.08. The van der Waals surface area contributed by atoms with E-state index in [9.17, 15) is 0 Å². The summed E-state index contributed by atoms with van der Waals surface area (Å²) in [5, 5.41) is 11.8. The first-order valence-electron chi connectivity index (χ1n) is 5.08. The van der Waals surface area contributed by atoms with Gasteiger partial charge in [-0.2, -0.15) is 0 Å². The molecule has 1 fully saturated rings. The lowest BCUT2D eigenvalue weighted by atomic mass is 10.4. The van der Waals surface area contributed by atoms with Crippen LogP contribution in [0, 0.1) is 0 Å². The van der Waals surface area contributed by atoms with Crippen LogP contribution in [-0.2, 0) is 19.5 Å². The van der Waals surface area contributed by atoms with Crippen LogP contribution in [0.5, 0.6) is 0 Å². The number of nitrogens with zero attached hydrogens (tertiary/aromatic N) is 3. The molecule has 0 unspecified atom stereocenters. The number of hydrogen-bond donors (Lipinski definition) is 1. The van der Waals surface area contributed by atoms with Crippen molar-refractivity contribution in [1.82, 2.24) is 20.1 Å². The quantitative estimate of drug-likeness (QED) is 0.732. The molecule has 4 nitrogen and oxygen atoms in total. The summed E-state index contributed by atoms with van der Waals surface area (Å²) in [5.41, 5.74) is 0. The zero-order chi connectivity index (χ0) is 8.67. The highest BCUT2D eigenvalue weighted by Crippen LogP contribution is 2.20. The van der Waals surface area contributed by atoms with E-state index >= 15 is 0 Å². The number of fused-ring (bicyclic) bond motifs is 1. The van der Waals surface area contributed by atoms with E-state index in [-0.39, 0.29) is 0 Å². The molecule has 0 saturated heterocycles. The summed E-state index contributed by atoms with van der Waals surface area (Å²) >= 11 is 0. The van der Waals surface area contributed by atoms with E-state index in [2.05, 4.69) is 20.1 Å². The first kappa shape index (κ1) is 7.50. The molecule has 0 bridgehead atoms. The van der Waals surface area contributed by atoms with Gasteiger partial charge in [0, 0.05) is 19.0 Å². The minimum absolute atomic E-state index is 0.759. The molecule has 1 aliphatic carbocycles. The van der Waals surface area contributed by atoms with E-state index in [1.807, 2.05) is 0 Å². The minimum Gasteiger partial charge on any atom is -0.314 e. The van der Waals surface area contributed by atoms with Crippen molar-refractivity contribution in [3.8, 4) is 0 Å². The van der Waals surface area contributed by atoms with Crippen LogP contribution in [0.4, 0.5) is 0 Å². The highest BCUT2D eigenvalue weighted by Gasteiger charge is 2.22. The lowest BCUT2D eigenvalue weighted by molar-refractivity contribution is 0.607. The predicted molar refractivity (Wildman–Crippen MR) is 48.2 cm³/mol. The van der Waals surface area contributed by atoms with E-state index in [4.69, 9.17) is 0 Å². The van der Waals surface area contributed by atoms with Crippen LogP contribution < -0.4 is 5.32 Å². The molecule has 1 saturated carbocycles. The van der Waals surface area contributed by atoms with Gasteiger partial charge < -0.3 is 9.88 Å². The maximum Gasteiger partial charge on any atom is 0.147 e. The number of aromatic nitrogens is 3. The summed E-state index contributed by atoms with van der Waals surface area (Å²) in [4.78, 5) is 0. The third-order valence-corrected chi connectivity index (χ3v) is 2.81. The molecule has 0 atom stereocenters. The van der Waals surface area contributed by atoms with Gasteiger partial charge in [-0.3, -0.25) is 0 Å². The molecular formula is C9H14N4. The zero-order valence-corrected chi connectivity index (χ0v) is 7.66. The van der Waals surface area contributed by atoms with Gasteiger partial charge in [-0.15, -0.1) is 10.2 Å². The van der Waals surface area contributed by atoms with Gasteiger partial charge in [0.25, 0.3) is 0 Å². The van der Waals surface area contributed by atoms with E-state index in [0.717, 1.165) is 31.4 Å². The Hall–Kier alpha value is -0.900. The SMILES string of the molecule is C1Cc2nnc(CNC3CC3)n2C1. The smallest absolute Gasteiger partial charge is 0.147 e. The first-order chi connectivity index (χ1) is 6.43. The van der Waals surface area contributed by atoms with Crippen LogP contribution in [-0.4, -0.2) is 20.8 Å². The second-order valence-electron chi connectivity index (χ2n) is 3.94. The normalized spacial score (nSPS) is 20.6. The minimum atomic E-state index is 0.759. The van der Waals surface area contributed by atoms with Gasteiger partial charge in [0.1, 0.15) is 11.6 Å². The van der Waals surface area contributed by atoms with Gasteiger partial charge in [-0.25, -0.2) is 0 Å². The fraction of sp³-hybridized carbons (Fsp3) is 0.778. The molecule has 0 spiro atoms. The average Bonchev–Trinajstić information content (AvgIpc) is 2.72. The van der Waals surface area contributed by atoms with Crippen LogP contribution in [0.1, 0.15) is 30.9 Å². The standard InChI is InChI=1S/C9H14N4/c1-2-8-11-12-9(13(8)5-1)6-10-7-3-4-7/h7,10H,1-6H2. The Bertz CT molecular complexity index is 313. The van der Waals surface area contributed by atoms with Crippen molar-refractivity contribution in [3.05, 3.63) is 11.6 Å². The number of aryl methyl sites for hydroxylation is 1. The Labute approximate surface area is 77.4 Å². The lowest BCUT2D eigenvalue weighted by Gasteiger charge is -2.02. The van der Waals surface area contributed by atoms with Gasteiger partial charge in [0.15, 0.2) is 0 Å². The Morgan fingerprint density at radius 3 is 3.15 bits per heavy atom. The van der Waals surface area contributed by atoms with Crippen molar-refractivity contribution >= 4 is 0 Å². The van der Waals surface area contributed by atoms with E-state index in [0.29, 0.717) is 0 Å². The maximum atomic E-state index is 4.19. The molecule has 0 amide bonds. The van der Waals surface area contributed by atoms with E-state index in [1.165, 1.54) is 25.1 Å². The number of nitrogens with one attached hydrogen (secondary N) is 1. The molecule has 13 heavy (non-hydrogen) atoms. The summed E-state index contributed by atoms with van der Waals surface area (Å²) in [6.45, 7) is 2.02. The second kappa shape index (κ2) is 2.80. The van der Waals surface area contributed by atoms with Crippen LogP contribution in [0.2, 0.25) is 0 Å². The molecule has 70 valence electrons. The van der Waals surface area contributed by atoms with Crippen LogP contribution in [0.3, 0.4) is 0 Å². The Morgan fingerprint density at radius 1 is 1.38 bits per heavy atom. The molecule has 1 aliphatic heterocycles. The van der Waals surface area contributed by atoms with Gasteiger partial charge in [0.2, 0.25) is 0 Å². The topological polar surface area (TPSA) is 42.7 Å². The van der Waals surface area contributed by atoms with Crippen molar-refractivity contribution in [2.75, 3.05) is 0 Å². The Morgan fingerprint density at radius 2 is 2.31 bits per heavy atom. The van der Waals surface area contributed by atoms with Crippen molar-refractivity contribution in [3.63, 3.8) is 0 Å². The zero-order valence-electron chi connectivity index (χ0n) is 7.66. The summed E-state index contributed by atoms with van der Waals surface area (Å²) in [7, 11) is 0. The van der Waals surface area contributed by atoms with Crippen LogP contribution in [0.25, 0.3) is 0 Å². The highest BCUT2D eigenvalue weighted by molar-refractivity contribution is 5.00. The molecule has 4 heteroatoms. The molecule has 1 aromatic rings. The Balaban J connectivity index is 1.72. The fourth-order valence-corrected chi connectivity index (χ4v) is 1.86. The summed E-state index contributed by atoms with van der Waals surface area (Å²) in [6.07, 6.45) is 5.01. The molecule has 0 aromatic carbocycles. The third kappa shape index (κ3) is 1.35. The molecular weight excluding hydrogens is 164 g/mol. The van der Waals surface area contributed by atoms with Crippen molar-refractivity contribution in [1.29, 1.82) is 0 Å². The van der Waals surface area contributed by atoms with Gasteiger partial charge in [0.05, 0.1) is 6.54 Å². The molecule has 2 heterocycles. The third-order valence-electron chi connectivity index (χ3n) is 2.81. The highest BCUT2D eigenvalue weighted by atomic mass is 15.3. The summed E-state index contributed by atoms with van der Waals surface area (Å²) in [6, 6.07) is 0.759. The molecule has 3 rings (SSSR count). The maximum absolute atomic E-state index is 4.19.